The van der Waals surface area contributed by atoms with Crippen molar-refractivity contribution in [1.82, 2.24) is 19.1 Å². The lowest BCUT2D eigenvalue weighted by molar-refractivity contribution is 0.443. The molecule has 0 saturated carbocycles. The molecule has 1 fully saturated rings. The lowest BCUT2D eigenvalue weighted by atomic mass is 10.1. The Hall–Kier alpha value is -3.05. The fraction of sp³-hybridized carbons (Fsp3) is 0.348. The standard InChI is InChI=1S/C23H24N4O5S2/c1-33(29,30)15-19-18-5-3-2-4-16(18)12-25-20(19)14-26-22-13-24-9-6-21(22)27(23(26)28)17-7-10-34(31,32)11-8-17/h2-6,9,12-13,17H,7-8,10-11,14-15H2,1H3. The topological polar surface area (TPSA) is 121 Å². The van der Waals surface area contributed by atoms with E-state index in [1.807, 2.05) is 24.3 Å². The van der Waals surface area contributed by atoms with Gasteiger partial charge in [0, 0.05) is 30.1 Å². The van der Waals surface area contributed by atoms with Gasteiger partial charge in [0.25, 0.3) is 0 Å². The Morgan fingerprint density at radius 3 is 2.53 bits per heavy atom. The van der Waals surface area contributed by atoms with E-state index in [-0.39, 0.29) is 35.5 Å². The summed E-state index contributed by atoms with van der Waals surface area (Å²) in [5.74, 6) is -0.0952. The zero-order chi connectivity index (χ0) is 24.1. The summed E-state index contributed by atoms with van der Waals surface area (Å²) in [4.78, 5) is 22.3. The van der Waals surface area contributed by atoms with Crippen LogP contribution in [0, 0.1) is 0 Å². The zero-order valence-electron chi connectivity index (χ0n) is 18.6. The van der Waals surface area contributed by atoms with Crippen molar-refractivity contribution in [2.24, 2.45) is 0 Å². The summed E-state index contributed by atoms with van der Waals surface area (Å²) in [6, 6.07) is 8.96. The molecular weight excluding hydrogens is 476 g/mol. The molecule has 0 N–H and O–H groups in total. The van der Waals surface area contributed by atoms with E-state index < -0.39 is 19.7 Å². The van der Waals surface area contributed by atoms with E-state index >= 15 is 0 Å². The van der Waals surface area contributed by atoms with E-state index in [0.717, 1.165) is 10.8 Å². The number of fused-ring (bicyclic) bond motifs is 2. The quantitative estimate of drug-likeness (QED) is 0.411. The van der Waals surface area contributed by atoms with Crippen LogP contribution in [0.1, 0.15) is 30.1 Å². The van der Waals surface area contributed by atoms with E-state index in [0.29, 0.717) is 35.1 Å². The fourth-order valence-electron chi connectivity index (χ4n) is 4.74. The number of aromatic nitrogens is 4. The van der Waals surface area contributed by atoms with E-state index in [1.165, 1.54) is 6.26 Å². The molecule has 0 aliphatic carbocycles. The first-order valence-electron chi connectivity index (χ1n) is 10.9. The molecule has 4 aromatic rings. The minimum atomic E-state index is -3.36. The predicted octanol–water partition coefficient (Wildman–Crippen LogP) is 2.09. The molecule has 0 unspecified atom stereocenters. The van der Waals surface area contributed by atoms with Gasteiger partial charge in [-0.25, -0.2) is 21.6 Å². The number of sulfone groups is 2. The first-order chi connectivity index (χ1) is 16.1. The van der Waals surface area contributed by atoms with Gasteiger partial charge in [-0.05, 0) is 29.9 Å². The van der Waals surface area contributed by atoms with Crippen LogP contribution in [0.4, 0.5) is 0 Å². The van der Waals surface area contributed by atoms with Gasteiger partial charge in [-0.3, -0.25) is 19.1 Å². The fourth-order valence-corrected chi connectivity index (χ4v) is 7.06. The second-order valence-electron chi connectivity index (χ2n) is 8.83. The second kappa shape index (κ2) is 8.31. The number of imidazole rings is 1. The van der Waals surface area contributed by atoms with Crippen LogP contribution in [0.5, 0.6) is 0 Å². The van der Waals surface area contributed by atoms with E-state index in [9.17, 15) is 21.6 Å². The number of benzene rings is 1. The Morgan fingerprint density at radius 2 is 1.79 bits per heavy atom. The van der Waals surface area contributed by atoms with E-state index in [4.69, 9.17) is 0 Å². The van der Waals surface area contributed by atoms with Gasteiger partial charge in [-0.15, -0.1) is 0 Å². The largest absolute Gasteiger partial charge is 0.329 e. The molecule has 34 heavy (non-hydrogen) atoms. The summed E-state index contributed by atoms with van der Waals surface area (Å²) >= 11 is 0. The third-order valence-corrected chi connectivity index (χ3v) is 8.89. The molecule has 1 saturated heterocycles. The predicted molar refractivity (Wildman–Crippen MR) is 130 cm³/mol. The molecule has 1 aliphatic heterocycles. The minimum Gasteiger partial charge on any atom is -0.289 e. The highest BCUT2D eigenvalue weighted by atomic mass is 32.2. The van der Waals surface area contributed by atoms with Crippen molar-refractivity contribution in [3.05, 3.63) is 70.7 Å². The van der Waals surface area contributed by atoms with Crippen molar-refractivity contribution >= 4 is 41.5 Å². The number of pyridine rings is 2. The van der Waals surface area contributed by atoms with Gasteiger partial charge >= 0.3 is 5.69 Å². The van der Waals surface area contributed by atoms with Gasteiger partial charge in [0.1, 0.15) is 9.84 Å². The van der Waals surface area contributed by atoms with Crippen molar-refractivity contribution in [3.8, 4) is 0 Å². The molecule has 0 spiro atoms. The van der Waals surface area contributed by atoms with Crippen LogP contribution in [0.25, 0.3) is 21.8 Å². The van der Waals surface area contributed by atoms with Gasteiger partial charge in [0.05, 0.1) is 46.7 Å². The van der Waals surface area contributed by atoms with Crippen molar-refractivity contribution in [2.45, 2.75) is 31.2 Å². The molecule has 5 rings (SSSR count). The monoisotopic (exact) mass is 500 g/mol. The van der Waals surface area contributed by atoms with Crippen molar-refractivity contribution in [3.63, 3.8) is 0 Å². The second-order valence-corrected chi connectivity index (χ2v) is 13.3. The summed E-state index contributed by atoms with van der Waals surface area (Å²) in [6.45, 7) is 0.0781. The van der Waals surface area contributed by atoms with Crippen LogP contribution in [-0.2, 0) is 32.0 Å². The van der Waals surface area contributed by atoms with Gasteiger partial charge in [-0.1, -0.05) is 24.3 Å². The van der Waals surface area contributed by atoms with Crippen molar-refractivity contribution in [2.75, 3.05) is 17.8 Å². The Morgan fingerprint density at radius 1 is 1.06 bits per heavy atom. The van der Waals surface area contributed by atoms with Crippen LogP contribution < -0.4 is 5.69 Å². The molecule has 4 heterocycles. The number of rotatable bonds is 5. The average Bonchev–Trinajstić information content (AvgIpc) is 3.06. The molecular formula is C23H24N4O5S2. The highest BCUT2D eigenvalue weighted by Crippen LogP contribution is 2.28. The Balaban J connectivity index is 1.65. The number of nitrogens with zero attached hydrogens (tertiary/aromatic N) is 4. The number of hydrogen-bond donors (Lipinski definition) is 0. The Kier molecular flexibility index (Phi) is 5.56. The van der Waals surface area contributed by atoms with Crippen LogP contribution in [0.2, 0.25) is 0 Å². The van der Waals surface area contributed by atoms with Gasteiger partial charge in [0.15, 0.2) is 9.84 Å². The Labute approximate surface area is 196 Å². The minimum absolute atomic E-state index is 0.0482. The smallest absolute Gasteiger partial charge is 0.289 e. The van der Waals surface area contributed by atoms with Crippen LogP contribution in [0.3, 0.4) is 0 Å². The maximum Gasteiger partial charge on any atom is 0.329 e. The molecule has 1 aromatic carbocycles. The third-order valence-electron chi connectivity index (χ3n) is 6.36. The zero-order valence-corrected chi connectivity index (χ0v) is 20.2. The van der Waals surface area contributed by atoms with E-state index in [1.54, 1.807) is 33.8 Å². The van der Waals surface area contributed by atoms with Crippen molar-refractivity contribution < 1.29 is 16.8 Å². The van der Waals surface area contributed by atoms with Gasteiger partial charge in [0.2, 0.25) is 0 Å². The number of hydrogen-bond acceptors (Lipinski definition) is 7. The third kappa shape index (κ3) is 4.25. The molecule has 11 heteroatoms. The molecule has 3 aromatic heterocycles. The molecule has 0 amide bonds. The molecule has 1 aliphatic rings. The SMILES string of the molecule is CS(=O)(=O)Cc1c(Cn2c(=O)n(C3CCS(=O)(=O)CC3)c3ccncc32)ncc2ccccc12. The summed E-state index contributed by atoms with van der Waals surface area (Å²) in [5.41, 5.74) is 2.06. The first-order valence-corrected chi connectivity index (χ1v) is 14.8. The first kappa shape index (κ1) is 22.7. The summed E-state index contributed by atoms with van der Waals surface area (Å²) in [7, 11) is -6.44. The molecule has 0 bridgehead atoms. The van der Waals surface area contributed by atoms with E-state index in [2.05, 4.69) is 9.97 Å². The maximum atomic E-state index is 13.6. The molecule has 178 valence electrons. The van der Waals surface area contributed by atoms with Crippen molar-refractivity contribution in [1.29, 1.82) is 0 Å². The summed E-state index contributed by atoms with van der Waals surface area (Å²) in [6.07, 6.45) is 6.81. The maximum absolute atomic E-state index is 13.6. The van der Waals surface area contributed by atoms with Gasteiger partial charge in [-0.2, -0.15) is 0 Å². The highest BCUT2D eigenvalue weighted by Gasteiger charge is 2.28. The average molecular weight is 501 g/mol. The molecule has 9 nitrogen and oxygen atoms in total. The van der Waals surface area contributed by atoms with Crippen LogP contribution >= 0.6 is 0 Å². The summed E-state index contributed by atoms with van der Waals surface area (Å²) in [5, 5.41) is 1.61. The summed E-state index contributed by atoms with van der Waals surface area (Å²) < 4.78 is 51.5. The van der Waals surface area contributed by atoms with Crippen LogP contribution in [-0.4, -0.2) is 53.7 Å². The highest BCUT2D eigenvalue weighted by molar-refractivity contribution is 7.91. The molecule has 0 atom stereocenters. The lowest BCUT2D eigenvalue weighted by Crippen LogP contribution is -2.33. The van der Waals surface area contributed by atoms with Crippen LogP contribution in [0.15, 0.2) is 53.7 Å². The molecule has 0 radical (unpaired) electrons. The van der Waals surface area contributed by atoms with Gasteiger partial charge < -0.3 is 0 Å². The Bertz CT molecular complexity index is 1670. The lowest BCUT2D eigenvalue weighted by Gasteiger charge is -2.23. The normalized spacial score (nSPS) is 16.9.